The second kappa shape index (κ2) is 6.33. The summed E-state index contributed by atoms with van der Waals surface area (Å²) in [6.07, 6.45) is 1.99. The van der Waals surface area contributed by atoms with Gasteiger partial charge in [-0.2, -0.15) is 0 Å². The van der Waals surface area contributed by atoms with Crippen molar-refractivity contribution >= 4 is 21.9 Å². The normalized spacial score (nSPS) is 21.7. The molecule has 0 aromatic rings. The Morgan fingerprint density at radius 2 is 2.21 bits per heavy atom. The molecule has 1 heterocycles. The zero-order valence-electron chi connectivity index (χ0n) is 10.9. The van der Waals surface area contributed by atoms with Gasteiger partial charge in [-0.15, -0.1) is 0 Å². The third-order valence-electron chi connectivity index (χ3n) is 3.20. The second-order valence-electron chi connectivity index (χ2n) is 4.94. The SMILES string of the molecule is CCCC[C@@H](C(=O)O)N1CC(CS(N)(=O)=O)CC1=O. The predicted octanol–water partition coefficient (Wildman–Crippen LogP) is -0.233. The van der Waals surface area contributed by atoms with E-state index in [9.17, 15) is 18.0 Å². The van der Waals surface area contributed by atoms with Crippen molar-refractivity contribution in [2.75, 3.05) is 12.3 Å². The lowest BCUT2D eigenvalue weighted by molar-refractivity contribution is -0.148. The lowest BCUT2D eigenvalue weighted by Crippen LogP contribution is -2.42. The molecule has 8 heteroatoms. The van der Waals surface area contributed by atoms with Gasteiger partial charge >= 0.3 is 5.97 Å². The number of aliphatic carboxylic acids is 1. The average Bonchev–Trinajstić information content (AvgIpc) is 2.57. The Bertz CT molecular complexity index is 448. The first-order chi connectivity index (χ1) is 8.74. The number of nitrogens with two attached hydrogens (primary N) is 1. The summed E-state index contributed by atoms with van der Waals surface area (Å²) in [7, 11) is -3.64. The van der Waals surface area contributed by atoms with Crippen LogP contribution in [-0.4, -0.2) is 48.6 Å². The van der Waals surface area contributed by atoms with E-state index in [0.29, 0.717) is 12.8 Å². The number of carbonyl (C=O) groups excluding carboxylic acids is 1. The van der Waals surface area contributed by atoms with Gasteiger partial charge in [-0.25, -0.2) is 18.4 Å². The summed E-state index contributed by atoms with van der Waals surface area (Å²) in [5.74, 6) is -2.05. The van der Waals surface area contributed by atoms with Gasteiger partial charge in [-0.05, 0) is 6.42 Å². The maximum absolute atomic E-state index is 11.8. The fourth-order valence-corrected chi connectivity index (χ4v) is 3.24. The molecule has 0 bridgehead atoms. The van der Waals surface area contributed by atoms with Gasteiger partial charge in [0.05, 0.1) is 5.75 Å². The number of unbranched alkanes of at least 4 members (excludes halogenated alkanes) is 1. The smallest absolute Gasteiger partial charge is 0.326 e. The van der Waals surface area contributed by atoms with Gasteiger partial charge in [0.2, 0.25) is 15.9 Å². The lowest BCUT2D eigenvalue weighted by atomic mass is 10.1. The van der Waals surface area contributed by atoms with Crippen LogP contribution in [0.2, 0.25) is 0 Å². The zero-order valence-corrected chi connectivity index (χ0v) is 11.7. The van der Waals surface area contributed by atoms with Crippen LogP contribution in [0.3, 0.4) is 0 Å². The highest BCUT2D eigenvalue weighted by Gasteiger charge is 2.38. The van der Waals surface area contributed by atoms with E-state index in [1.54, 1.807) is 0 Å². The first kappa shape index (κ1) is 15.9. The van der Waals surface area contributed by atoms with Crippen molar-refractivity contribution in [1.82, 2.24) is 4.90 Å². The minimum absolute atomic E-state index is 0.0480. The number of rotatable bonds is 7. The molecule has 19 heavy (non-hydrogen) atoms. The molecule has 1 fully saturated rings. The molecule has 0 radical (unpaired) electrons. The Labute approximate surface area is 112 Å². The van der Waals surface area contributed by atoms with E-state index in [-0.39, 0.29) is 24.6 Å². The van der Waals surface area contributed by atoms with Crippen molar-refractivity contribution < 1.29 is 23.1 Å². The van der Waals surface area contributed by atoms with Crippen molar-refractivity contribution in [3.63, 3.8) is 0 Å². The van der Waals surface area contributed by atoms with Crippen LogP contribution >= 0.6 is 0 Å². The Balaban J connectivity index is 2.72. The number of hydrogen-bond acceptors (Lipinski definition) is 4. The molecule has 110 valence electrons. The number of carboxylic acids is 1. The monoisotopic (exact) mass is 292 g/mol. The maximum atomic E-state index is 11.8. The number of amides is 1. The molecule has 0 aliphatic carbocycles. The van der Waals surface area contributed by atoms with Crippen LogP contribution in [0.5, 0.6) is 0 Å². The molecule has 1 amide bonds. The number of nitrogens with zero attached hydrogens (tertiary/aromatic N) is 1. The van der Waals surface area contributed by atoms with Gasteiger partial charge in [0.15, 0.2) is 0 Å². The third kappa shape index (κ3) is 4.79. The van der Waals surface area contributed by atoms with Gasteiger partial charge in [0.25, 0.3) is 0 Å². The van der Waals surface area contributed by atoms with E-state index in [1.807, 2.05) is 6.92 Å². The molecule has 2 atom stereocenters. The summed E-state index contributed by atoms with van der Waals surface area (Å²) in [6, 6.07) is -0.863. The van der Waals surface area contributed by atoms with Crippen LogP contribution in [0.4, 0.5) is 0 Å². The Morgan fingerprint density at radius 1 is 1.58 bits per heavy atom. The van der Waals surface area contributed by atoms with Gasteiger partial charge in [-0.3, -0.25) is 4.79 Å². The minimum atomic E-state index is -3.64. The maximum Gasteiger partial charge on any atom is 0.326 e. The number of primary sulfonamides is 1. The fourth-order valence-electron chi connectivity index (χ4n) is 2.36. The standard InChI is InChI=1S/C11H20N2O5S/c1-2-3-4-9(11(15)16)13-6-8(5-10(13)14)7-19(12,17)18/h8-9H,2-7H2,1H3,(H,15,16)(H2,12,17,18)/t8?,9-/m0/s1. The molecule has 0 spiro atoms. The Kier molecular flexibility index (Phi) is 5.30. The predicted molar refractivity (Wildman–Crippen MR) is 68.7 cm³/mol. The number of carboxylic acid groups (broad SMARTS) is 1. The van der Waals surface area contributed by atoms with Gasteiger partial charge in [0, 0.05) is 18.9 Å². The largest absolute Gasteiger partial charge is 0.480 e. The molecule has 0 aromatic carbocycles. The van der Waals surface area contributed by atoms with Crippen LogP contribution in [0, 0.1) is 5.92 Å². The van der Waals surface area contributed by atoms with Crippen LogP contribution in [0.25, 0.3) is 0 Å². The highest BCUT2D eigenvalue weighted by atomic mass is 32.2. The van der Waals surface area contributed by atoms with Crippen molar-refractivity contribution in [3.05, 3.63) is 0 Å². The first-order valence-electron chi connectivity index (χ1n) is 6.27. The number of carbonyl (C=O) groups is 2. The minimum Gasteiger partial charge on any atom is -0.480 e. The molecular formula is C11H20N2O5S. The fraction of sp³-hybridized carbons (Fsp3) is 0.818. The molecule has 7 nitrogen and oxygen atoms in total. The summed E-state index contributed by atoms with van der Waals surface area (Å²) in [6.45, 7) is 2.09. The molecule has 1 aliphatic heterocycles. The Morgan fingerprint density at radius 3 is 2.68 bits per heavy atom. The van der Waals surface area contributed by atoms with E-state index in [1.165, 1.54) is 4.90 Å². The van der Waals surface area contributed by atoms with Crippen LogP contribution < -0.4 is 5.14 Å². The average molecular weight is 292 g/mol. The van der Waals surface area contributed by atoms with Crippen molar-refractivity contribution in [2.45, 2.75) is 38.6 Å². The lowest BCUT2D eigenvalue weighted by Gasteiger charge is -2.24. The number of hydrogen-bond donors (Lipinski definition) is 2. The molecule has 1 aliphatic rings. The topological polar surface area (TPSA) is 118 Å². The molecule has 0 aromatic heterocycles. The summed E-state index contributed by atoms with van der Waals surface area (Å²) < 4.78 is 22.0. The van der Waals surface area contributed by atoms with E-state index in [4.69, 9.17) is 10.2 Å². The first-order valence-corrected chi connectivity index (χ1v) is 7.99. The summed E-state index contributed by atoms with van der Waals surface area (Å²) in [5.41, 5.74) is 0. The van der Waals surface area contributed by atoms with Crippen LogP contribution in [0.1, 0.15) is 32.6 Å². The third-order valence-corrected chi connectivity index (χ3v) is 4.13. The molecular weight excluding hydrogens is 272 g/mol. The van der Waals surface area contributed by atoms with Gasteiger partial charge in [0.1, 0.15) is 6.04 Å². The molecule has 3 N–H and O–H groups in total. The highest BCUT2D eigenvalue weighted by Crippen LogP contribution is 2.23. The second-order valence-corrected chi connectivity index (χ2v) is 6.60. The van der Waals surface area contributed by atoms with E-state index >= 15 is 0 Å². The summed E-state index contributed by atoms with van der Waals surface area (Å²) >= 11 is 0. The molecule has 1 saturated heterocycles. The quantitative estimate of drug-likeness (QED) is 0.672. The van der Waals surface area contributed by atoms with Gasteiger partial charge < -0.3 is 10.0 Å². The Hall–Kier alpha value is -1.15. The van der Waals surface area contributed by atoms with Crippen molar-refractivity contribution in [2.24, 2.45) is 11.1 Å². The number of sulfonamides is 1. The molecule has 1 rings (SSSR count). The van der Waals surface area contributed by atoms with Crippen LogP contribution in [-0.2, 0) is 19.6 Å². The van der Waals surface area contributed by atoms with E-state index in [2.05, 4.69) is 0 Å². The summed E-state index contributed by atoms with van der Waals surface area (Å²) in [4.78, 5) is 24.3. The molecule has 0 saturated carbocycles. The van der Waals surface area contributed by atoms with Crippen molar-refractivity contribution in [3.8, 4) is 0 Å². The van der Waals surface area contributed by atoms with Crippen LogP contribution in [0.15, 0.2) is 0 Å². The van der Waals surface area contributed by atoms with Crippen molar-refractivity contribution in [1.29, 1.82) is 0 Å². The number of likely N-dealkylation sites (tertiary alicyclic amines) is 1. The van der Waals surface area contributed by atoms with Gasteiger partial charge in [-0.1, -0.05) is 19.8 Å². The van der Waals surface area contributed by atoms with E-state index in [0.717, 1.165) is 6.42 Å². The van der Waals surface area contributed by atoms with E-state index < -0.39 is 28.0 Å². The highest BCUT2D eigenvalue weighted by molar-refractivity contribution is 7.89. The zero-order chi connectivity index (χ0) is 14.6. The summed E-state index contributed by atoms with van der Waals surface area (Å²) in [5, 5.41) is 14.1. The molecule has 1 unspecified atom stereocenters.